The number of rotatable bonds is 7. The van der Waals surface area contributed by atoms with E-state index in [4.69, 9.17) is 16.3 Å². The fourth-order valence-corrected chi connectivity index (χ4v) is 2.40. The van der Waals surface area contributed by atoms with E-state index in [0.717, 1.165) is 6.07 Å². The zero-order chi connectivity index (χ0) is 20.2. The molecule has 27 heavy (non-hydrogen) atoms. The molecule has 0 unspecified atom stereocenters. The standard InChI is InChI=1S/C17H20ClF3N4O2/c1-9(2)12(8-26)23-16-24-14(17(19,20)21)7-15(25-16)22-11-6-10(18)4-5-13(11)27-3/h4-7,9,12,26H,8H2,1-3H3,(H2,22,23,24,25)/t12-/m0/s1. The number of hydrogen-bond acceptors (Lipinski definition) is 6. The van der Waals surface area contributed by atoms with Crippen molar-refractivity contribution < 1.29 is 23.0 Å². The van der Waals surface area contributed by atoms with Gasteiger partial charge in [0.25, 0.3) is 0 Å². The van der Waals surface area contributed by atoms with Crippen molar-refractivity contribution in [1.29, 1.82) is 0 Å². The van der Waals surface area contributed by atoms with E-state index in [9.17, 15) is 18.3 Å². The maximum atomic E-state index is 13.2. The molecule has 0 saturated carbocycles. The summed E-state index contributed by atoms with van der Waals surface area (Å²) in [6, 6.07) is 4.97. The summed E-state index contributed by atoms with van der Waals surface area (Å²) in [4.78, 5) is 7.60. The number of methoxy groups -OCH3 is 1. The Labute approximate surface area is 159 Å². The topological polar surface area (TPSA) is 79.3 Å². The molecular weight excluding hydrogens is 385 g/mol. The first-order chi connectivity index (χ1) is 12.6. The van der Waals surface area contributed by atoms with Crippen LogP contribution in [0.3, 0.4) is 0 Å². The maximum Gasteiger partial charge on any atom is 0.433 e. The number of aliphatic hydroxyl groups excluding tert-OH is 1. The highest BCUT2D eigenvalue weighted by Crippen LogP contribution is 2.33. The summed E-state index contributed by atoms with van der Waals surface area (Å²) in [7, 11) is 1.43. The number of ether oxygens (including phenoxy) is 1. The Morgan fingerprint density at radius 3 is 2.48 bits per heavy atom. The van der Waals surface area contributed by atoms with Gasteiger partial charge in [0.1, 0.15) is 11.6 Å². The Balaban J connectivity index is 2.43. The van der Waals surface area contributed by atoms with Gasteiger partial charge in [0, 0.05) is 11.1 Å². The summed E-state index contributed by atoms with van der Waals surface area (Å²) < 4.78 is 44.9. The number of alkyl halides is 3. The summed E-state index contributed by atoms with van der Waals surface area (Å²) in [6.45, 7) is 3.36. The van der Waals surface area contributed by atoms with E-state index in [-0.39, 0.29) is 24.3 Å². The molecule has 1 aromatic carbocycles. The summed E-state index contributed by atoms with van der Waals surface area (Å²) >= 11 is 5.95. The van der Waals surface area contributed by atoms with Gasteiger partial charge in [-0.1, -0.05) is 25.4 Å². The molecule has 10 heteroatoms. The molecule has 0 aliphatic rings. The van der Waals surface area contributed by atoms with Crippen LogP contribution in [0, 0.1) is 5.92 Å². The third-order valence-electron chi connectivity index (χ3n) is 3.76. The molecule has 6 nitrogen and oxygen atoms in total. The summed E-state index contributed by atoms with van der Waals surface area (Å²) in [5.74, 6) is -0.00372. The van der Waals surface area contributed by atoms with E-state index in [1.807, 2.05) is 13.8 Å². The van der Waals surface area contributed by atoms with E-state index in [2.05, 4.69) is 20.6 Å². The lowest BCUT2D eigenvalue weighted by Gasteiger charge is -2.21. The van der Waals surface area contributed by atoms with Gasteiger partial charge in [0.15, 0.2) is 5.69 Å². The predicted octanol–water partition coefficient (Wildman–Crippen LogP) is 4.33. The van der Waals surface area contributed by atoms with E-state index in [1.54, 1.807) is 12.1 Å². The molecule has 0 aliphatic heterocycles. The molecule has 1 aromatic heterocycles. The molecule has 2 rings (SSSR count). The van der Waals surface area contributed by atoms with Gasteiger partial charge in [-0.05, 0) is 24.1 Å². The lowest BCUT2D eigenvalue weighted by Crippen LogP contribution is -2.30. The highest BCUT2D eigenvalue weighted by Gasteiger charge is 2.34. The molecule has 0 bridgehead atoms. The molecule has 2 aromatic rings. The van der Waals surface area contributed by atoms with Crippen molar-refractivity contribution in [2.45, 2.75) is 26.1 Å². The molecule has 0 amide bonds. The third-order valence-corrected chi connectivity index (χ3v) is 3.99. The van der Waals surface area contributed by atoms with Crippen LogP contribution in [0.4, 0.5) is 30.6 Å². The lowest BCUT2D eigenvalue weighted by atomic mass is 10.1. The van der Waals surface area contributed by atoms with E-state index >= 15 is 0 Å². The molecule has 0 radical (unpaired) electrons. The number of anilines is 3. The van der Waals surface area contributed by atoms with Crippen molar-refractivity contribution in [3.63, 3.8) is 0 Å². The molecule has 148 valence electrons. The number of benzene rings is 1. The van der Waals surface area contributed by atoms with Crippen molar-refractivity contribution in [1.82, 2.24) is 9.97 Å². The molecule has 1 atom stereocenters. The van der Waals surface area contributed by atoms with Crippen molar-refractivity contribution >= 4 is 29.1 Å². The van der Waals surface area contributed by atoms with Crippen molar-refractivity contribution in [2.75, 3.05) is 24.4 Å². The van der Waals surface area contributed by atoms with E-state index in [0.29, 0.717) is 16.5 Å². The van der Waals surface area contributed by atoms with Crippen LogP contribution < -0.4 is 15.4 Å². The van der Waals surface area contributed by atoms with Crippen LogP contribution in [-0.4, -0.2) is 34.8 Å². The fraction of sp³-hybridized carbons (Fsp3) is 0.412. The second-order valence-corrected chi connectivity index (χ2v) is 6.54. The minimum Gasteiger partial charge on any atom is -0.495 e. The second kappa shape index (κ2) is 8.62. The van der Waals surface area contributed by atoms with Crippen LogP contribution in [0.25, 0.3) is 0 Å². The van der Waals surface area contributed by atoms with E-state index < -0.39 is 17.9 Å². The quantitative estimate of drug-likeness (QED) is 0.637. The normalized spacial score (nSPS) is 12.8. The molecule has 0 saturated heterocycles. The fourth-order valence-electron chi connectivity index (χ4n) is 2.23. The molecule has 1 heterocycles. The zero-order valence-corrected chi connectivity index (χ0v) is 15.7. The number of nitrogens with zero attached hydrogens (tertiary/aromatic N) is 2. The molecule has 3 N–H and O–H groups in total. The Morgan fingerprint density at radius 1 is 1.22 bits per heavy atom. The first-order valence-corrected chi connectivity index (χ1v) is 8.46. The number of aliphatic hydroxyl groups is 1. The zero-order valence-electron chi connectivity index (χ0n) is 14.9. The van der Waals surface area contributed by atoms with Crippen LogP contribution >= 0.6 is 11.6 Å². The largest absolute Gasteiger partial charge is 0.495 e. The van der Waals surface area contributed by atoms with Crippen molar-refractivity contribution in [3.8, 4) is 5.75 Å². The first-order valence-electron chi connectivity index (χ1n) is 8.08. The first kappa shape index (κ1) is 21.0. The summed E-state index contributed by atoms with van der Waals surface area (Å²) in [5.41, 5.74) is -0.769. The molecule has 0 spiro atoms. The highest BCUT2D eigenvalue weighted by molar-refractivity contribution is 6.31. The molecular formula is C17H20ClF3N4O2. The van der Waals surface area contributed by atoms with Crippen molar-refractivity contribution in [2.24, 2.45) is 5.92 Å². The average molecular weight is 405 g/mol. The Morgan fingerprint density at radius 2 is 1.93 bits per heavy atom. The lowest BCUT2D eigenvalue weighted by molar-refractivity contribution is -0.141. The summed E-state index contributed by atoms with van der Waals surface area (Å²) in [6.07, 6.45) is -4.67. The van der Waals surface area contributed by atoms with Crippen LogP contribution in [0.15, 0.2) is 24.3 Å². The smallest absolute Gasteiger partial charge is 0.433 e. The van der Waals surface area contributed by atoms with Gasteiger partial charge < -0.3 is 20.5 Å². The molecule has 0 fully saturated rings. The van der Waals surface area contributed by atoms with Crippen LogP contribution in [0.1, 0.15) is 19.5 Å². The van der Waals surface area contributed by atoms with E-state index in [1.165, 1.54) is 13.2 Å². The van der Waals surface area contributed by atoms with Gasteiger partial charge in [-0.3, -0.25) is 0 Å². The Hall–Kier alpha value is -2.26. The number of nitrogens with one attached hydrogen (secondary N) is 2. The summed E-state index contributed by atoms with van der Waals surface area (Å²) in [5, 5.41) is 15.3. The van der Waals surface area contributed by atoms with Gasteiger partial charge in [-0.15, -0.1) is 0 Å². The Kier molecular flexibility index (Phi) is 6.72. The number of aromatic nitrogens is 2. The minimum absolute atomic E-state index is 0.0439. The van der Waals surface area contributed by atoms with Crippen LogP contribution in [0.2, 0.25) is 5.02 Å². The maximum absolute atomic E-state index is 13.2. The van der Waals surface area contributed by atoms with Gasteiger partial charge in [0.05, 0.1) is 25.4 Å². The van der Waals surface area contributed by atoms with Gasteiger partial charge in [-0.25, -0.2) is 4.98 Å². The van der Waals surface area contributed by atoms with Crippen LogP contribution in [0.5, 0.6) is 5.75 Å². The number of hydrogen-bond donors (Lipinski definition) is 3. The van der Waals surface area contributed by atoms with Gasteiger partial charge in [-0.2, -0.15) is 18.2 Å². The third kappa shape index (κ3) is 5.61. The number of halogens is 4. The average Bonchev–Trinajstić information content (AvgIpc) is 2.58. The SMILES string of the molecule is COc1ccc(Cl)cc1Nc1cc(C(F)(F)F)nc(N[C@@H](CO)C(C)C)n1. The monoisotopic (exact) mass is 404 g/mol. The Bertz CT molecular complexity index is 787. The minimum atomic E-state index is -4.67. The van der Waals surface area contributed by atoms with Crippen LogP contribution in [-0.2, 0) is 6.18 Å². The highest BCUT2D eigenvalue weighted by atomic mass is 35.5. The van der Waals surface area contributed by atoms with Gasteiger partial charge >= 0.3 is 6.18 Å². The predicted molar refractivity (Wildman–Crippen MR) is 97.7 cm³/mol. The van der Waals surface area contributed by atoms with Crippen molar-refractivity contribution in [3.05, 3.63) is 35.0 Å². The second-order valence-electron chi connectivity index (χ2n) is 6.11. The van der Waals surface area contributed by atoms with Gasteiger partial charge in [0.2, 0.25) is 5.95 Å². The molecule has 0 aliphatic carbocycles.